The van der Waals surface area contributed by atoms with Gasteiger partial charge in [0.2, 0.25) is 0 Å². The molecule has 0 aliphatic carbocycles. The van der Waals surface area contributed by atoms with Crippen molar-refractivity contribution in [2.75, 3.05) is 14.1 Å². The number of hydrogen-bond acceptors (Lipinski definition) is 3. The molecule has 1 heterocycles. The highest BCUT2D eigenvalue weighted by molar-refractivity contribution is 5.91. The highest BCUT2D eigenvalue weighted by atomic mass is 19.1. The minimum Gasteiger partial charge on any atom is -0.389 e. The number of aliphatic hydroxyl groups is 1. The quantitative estimate of drug-likeness (QED) is 0.942. The monoisotopic (exact) mass is 291 g/mol. The van der Waals surface area contributed by atoms with Gasteiger partial charge in [-0.15, -0.1) is 0 Å². The second-order valence-corrected chi connectivity index (χ2v) is 5.18. The summed E-state index contributed by atoms with van der Waals surface area (Å²) >= 11 is 0. The van der Waals surface area contributed by atoms with Crippen molar-refractivity contribution in [3.63, 3.8) is 0 Å². The van der Waals surface area contributed by atoms with Gasteiger partial charge < -0.3 is 10.0 Å². The summed E-state index contributed by atoms with van der Waals surface area (Å²) < 4.78 is 15.2. The van der Waals surface area contributed by atoms with E-state index in [2.05, 4.69) is 5.10 Å². The maximum atomic E-state index is 13.7. The number of rotatable bonds is 3. The van der Waals surface area contributed by atoms with Crippen molar-refractivity contribution >= 4 is 5.91 Å². The Morgan fingerprint density at radius 3 is 2.67 bits per heavy atom. The number of aliphatic hydroxyl groups excluding tert-OH is 1. The molecule has 0 bridgehead atoms. The maximum Gasteiger partial charge on any atom is 0.273 e. The number of amides is 1. The van der Waals surface area contributed by atoms with Crippen molar-refractivity contribution < 1.29 is 14.3 Å². The van der Waals surface area contributed by atoms with Crippen molar-refractivity contribution in [2.24, 2.45) is 0 Å². The number of carbonyl (C=O) groups excluding carboxylic acids is 1. The summed E-state index contributed by atoms with van der Waals surface area (Å²) in [6.45, 7) is 3.20. The van der Waals surface area contributed by atoms with Crippen molar-refractivity contribution in [1.29, 1.82) is 0 Å². The highest BCUT2D eigenvalue weighted by Crippen LogP contribution is 2.24. The fourth-order valence-corrected chi connectivity index (χ4v) is 2.02. The van der Waals surface area contributed by atoms with Crippen LogP contribution in [0.3, 0.4) is 0 Å². The van der Waals surface area contributed by atoms with E-state index in [1.807, 2.05) is 0 Å². The molecule has 1 aromatic carbocycles. The lowest BCUT2D eigenvalue weighted by atomic mass is 10.1. The van der Waals surface area contributed by atoms with Gasteiger partial charge in [-0.25, -0.2) is 9.07 Å². The highest BCUT2D eigenvalue weighted by Gasteiger charge is 2.16. The number of nitrogens with zero attached hydrogens (tertiary/aromatic N) is 3. The van der Waals surface area contributed by atoms with Crippen LogP contribution >= 0.6 is 0 Å². The zero-order valence-corrected chi connectivity index (χ0v) is 12.5. The first-order chi connectivity index (χ1) is 9.81. The molecule has 1 amide bonds. The van der Waals surface area contributed by atoms with Crippen molar-refractivity contribution in [1.82, 2.24) is 14.7 Å². The second-order valence-electron chi connectivity index (χ2n) is 5.18. The summed E-state index contributed by atoms with van der Waals surface area (Å²) in [7, 11) is 3.29. The molecule has 1 N–H and O–H groups in total. The van der Waals surface area contributed by atoms with Gasteiger partial charge in [-0.2, -0.15) is 5.10 Å². The molecule has 112 valence electrons. The van der Waals surface area contributed by atoms with E-state index < -0.39 is 6.10 Å². The third-order valence-electron chi connectivity index (χ3n) is 3.22. The number of aromatic nitrogens is 2. The summed E-state index contributed by atoms with van der Waals surface area (Å²) in [4.78, 5) is 13.3. The second kappa shape index (κ2) is 5.65. The lowest BCUT2D eigenvalue weighted by molar-refractivity contribution is 0.0821. The number of carbonyl (C=O) groups is 1. The van der Waals surface area contributed by atoms with Crippen LogP contribution in [0.25, 0.3) is 5.69 Å². The lowest BCUT2D eigenvalue weighted by Gasteiger charge is -2.14. The van der Waals surface area contributed by atoms with Gasteiger partial charge in [-0.05, 0) is 37.6 Å². The predicted molar refractivity (Wildman–Crippen MR) is 76.9 cm³/mol. The zero-order valence-electron chi connectivity index (χ0n) is 12.5. The van der Waals surface area contributed by atoms with Crippen LogP contribution in [0.15, 0.2) is 24.4 Å². The lowest BCUT2D eigenvalue weighted by Crippen LogP contribution is -2.22. The Balaban J connectivity index is 2.52. The van der Waals surface area contributed by atoms with Crippen LogP contribution in [0, 0.1) is 12.7 Å². The minimum absolute atomic E-state index is 0.216. The number of halogens is 1. The SMILES string of the molecule is Cc1cc(-n2ccc(C(=O)N(C)C)n2)c([C@@H](C)O)cc1F. The molecule has 1 atom stereocenters. The fourth-order valence-electron chi connectivity index (χ4n) is 2.02. The van der Waals surface area contributed by atoms with E-state index in [-0.39, 0.29) is 11.7 Å². The Kier molecular flexibility index (Phi) is 4.09. The number of hydrogen-bond donors (Lipinski definition) is 1. The first kappa shape index (κ1) is 15.2. The molecule has 0 saturated carbocycles. The van der Waals surface area contributed by atoms with Gasteiger partial charge in [0.05, 0.1) is 11.8 Å². The van der Waals surface area contributed by atoms with E-state index in [1.165, 1.54) is 15.6 Å². The van der Waals surface area contributed by atoms with Crippen LogP contribution in [0.1, 0.15) is 34.6 Å². The third kappa shape index (κ3) is 2.95. The fraction of sp³-hybridized carbons (Fsp3) is 0.333. The molecule has 0 fully saturated rings. The normalized spacial score (nSPS) is 12.3. The van der Waals surface area contributed by atoms with E-state index >= 15 is 0 Å². The molecule has 1 aromatic heterocycles. The molecule has 5 nitrogen and oxygen atoms in total. The minimum atomic E-state index is -0.840. The number of benzene rings is 1. The summed E-state index contributed by atoms with van der Waals surface area (Å²) in [6.07, 6.45) is 0.780. The molecule has 0 spiro atoms. The van der Waals surface area contributed by atoms with Gasteiger partial charge in [-0.3, -0.25) is 4.79 Å². The van der Waals surface area contributed by atoms with Crippen LogP contribution in [0.2, 0.25) is 0 Å². The van der Waals surface area contributed by atoms with Crippen LogP contribution in [0.5, 0.6) is 0 Å². The van der Waals surface area contributed by atoms with E-state index in [0.29, 0.717) is 22.5 Å². The molecule has 0 radical (unpaired) electrons. The molecule has 0 unspecified atom stereocenters. The van der Waals surface area contributed by atoms with Gasteiger partial charge in [0.1, 0.15) is 5.82 Å². The van der Waals surface area contributed by atoms with Gasteiger partial charge in [0.15, 0.2) is 5.69 Å². The summed E-state index contributed by atoms with van der Waals surface area (Å²) in [5.41, 5.74) is 1.72. The molecule has 2 rings (SSSR count). The Bertz CT molecular complexity index is 678. The summed E-state index contributed by atoms with van der Waals surface area (Å²) in [5.74, 6) is -0.599. The zero-order chi connectivity index (χ0) is 15.7. The standard InChI is InChI=1S/C15H18FN3O2/c1-9-7-14(11(10(2)20)8-12(9)16)19-6-5-13(17-19)15(21)18(3)4/h5-8,10,20H,1-4H3/t10-/m1/s1. The van der Waals surface area contributed by atoms with Crippen LogP contribution in [-0.4, -0.2) is 39.8 Å². The average Bonchev–Trinajstić information content (AvgIpc) is 2.89. The van der Waals surface area contributed by atoms with Gasteiger partial charge in [0, 0.05) is 25.9 Å². The van der Waals surface area contributed by atoms with Crippen LogP contribution < -0.4 is 0 Å². The first-order valence-corrected chi connectivity index (χ1v) is 6.57. The maximum absolute atomic E-state index is 13.7. The Labute approximate surface area is 122 Å². The number of aryl methyl sites for hydroxylation is 1. The molecule has 0 saturated heterocycles. The third-order valence-corrected chi connectivity index (χ3v) is 3.22. The molecule has 21 heavy (non-hydrogen) atoms. The van der Waals surface area contributed by atoms with Crippen molar-refractivity contribution in [3.05, 3.63) is 47.0 Å². The molecular formula is C15H18FN3O2. The predicted octanol–water partition coefficient (Wildman–Crippen LogP) is 2.07. The van der Waals surface area contributed by atoms with Gasteiger partial charge in [-0.1, -0.05) is 0 Å². The summed E-state index contributed by atoms with van der Waals surface area (Å²) in [5, 5.41) is 14.0. The van der Waals surface area contributed by atoms with E-state index in [4.69, 9.17) is 0 Å². The molecular weight excluding hydrogens is 273 g/mol. The Morgan fingerprint density at radius 2 is 2.10 bits per heavy atom. The Morgan fingerprint density at radius 1 is 1.43 bits per heavy atom. The molecule has 0 aliphatic heterocycles. The molecule has 2 aromatic rings. The first-order valence-electron chi connectivity index (χ1n) is 6.57. The Hall–Kier alpha value is -2.21. The van der Waals surface area contributed by atoms with Crippen LogP contribution in [-0.2, 0) is 0 Å². The smallest absolute Gasteiger partial charge is 0.273 e. The van der Waals surface area contributed by atoms with Crippen molar-refractivity contribution in [3.8, 4) is 5.69 Å². The largest absolute Gasteiger partial charge is 0.389 e. The average molecular weight is 291 g/mol. The molecule has 6 heteroatoms. The van der Waals surface area contributed by atoms with Gasteiger partial charge in [0.25, 0.3) is 5.91 Å². The summed E-state index contributed by atoms with van der Waals surface area (Å²) in [6, 6.07) is 4.49. The van der Waals surface area contributed by atoms with Crippen LogP contribution in [0.4, 0.5) is 4.39 Å². The topological polar surface area (TPSA) is 58.4 Å². The van der Waals surface area contributed by atoms with E-state index in [9.17, 15) is 14.3 Å². The van der Waals surface area contributed by atoms with E-state index in [1.54, 1.807) is 46.3 Å². The van der Waals surface area contributed by atoms with Gasteiger partial charge >= 0.3 is 0 Å². The van der Waals surface area contributed by atoms with Crippen molar-refractivity contribution in [2.45, 2.75) is 20.0 Å². The molecule has 0 aliphatic rings. The van der Waals surface area contributed by atoms with E-state index in [0.717, 1.165) is 0 Å².